The first-order valence-corrected chi connectivity index (χ1v) is 4.84. The van der Waals surface area contributed by atoms with E-state index in [4.69, 9.17) is 10.8 Å². The number of carbonyl (C=O) groups is 1. The van der Waals surface area contributed by atoms with Crippen LogP contribution in [0, 0.1) is 19.3 Å². The zero-order valence-corrected chi connectivity index (χ0v) is 8.43. The number of terminal acetylenes is 1. The number of amides is 1. The molecule has 1 aromatic heterocycles. The second-order valence-electron chi connectivity index (χ2n) is 2.36. The van der Waals surface area contributed by atoms with Gasteiger partial charge in [0.05, 0.1) is 12.3 Å². The van der Waals surface area contributed by atoms with Crippen LogP contribution in [0.5, 0.6) is 0 Å². The Bertz CT molecular complexity index is 356. The molecule has 1 amide bonds. The average molecular weight is 211 g/mol. The van der Waals surface area contributed by atoms with Crippen LogP contribution in [0.4, 0.5) is 0 Å². The third kappa shape index (κ3) is 3.49. The minimum absolute atomic E-state index is 0.149. The molecule has 0 fully saturated rings. The molecule has 1 N–H and O–H groups in total. The number of nitrogens with zero attached hydrogens (tertiary/aromatic N) is 2. The van der Waals surface area contributed by atoms with Gasteiger partial charge in [0, 0.05) is 6.92 Å². The molecule has 0 saturated carbocycles. The van der Waals surface area contributed by atoms with E-state index in [9.17, 15) is 4.79 Å². The fraction of sp³-hybridized carbons (Fsp3) is 0.375. The maximum absolute atomic E-state index is 11.1. The van der Waals surface area contributed by atoms with Crippen LogP contribution in [0.1, 0.15) is 5.89 Å². The van der Waals surface area contributed by atoms with Crippen molar-refractivity contribution in [3.8, 4) is 12.3 Å². The Kier molecular flexibility index (Phi) is 4.01. The largest absolute Gasteiger partial charge is 0.416 e. The molecule has 0 saturated heterocycles. The topological polar surface area (TPSA) is 68.0 Å². The van der Waals surface area contributed by atoms with Gasteiger partial charge in [-0.2, -0.15) is 0 Å². The standard InChI is InChI=1S/C8H9N3O2S/c1-3-4-9-7(12)5-14-8-11-10-6(2)13-8/h1H,4-5H2,2H3,(H,9,12). The molecule has 5 nitrogen and oxygen atoms in total. The van der Waals surface area contributed by atoms with E-state index in [-0.39, 0.29) is 18.2 Å². The predicted octanol–water partition coefficient (Wildman–Crippen LogP) is 0.220. The van der Waals surface area contributed by atoms with Gasteiger partial charge >= 0.3 is 0 Å². The first-order chi connectivity index (χ1) is 6.72. The summed E-state index contributed by atoms with van der Waals surface area (Å²) in [7, 11) is 0. The SMILES string of the molecule is C#CCNC(=O)CSc1nnc(C)o1. The summed E-state index contributed by atoms with van der Waals surface area (Å²) in [6, 6.07) is 0. The number of thioether (sulfide) groups is 1. The molecule has 0 aromatic carbocycles. The first-order valence-electron chi connectivity index (χ1n) is 3.85. The molecule has 0 bridgehead atoms. The van der Waals surface area contributed by atoms with Crippen LogP contribution < -0.4 is 5.32 Å². The summed E-state index contributed by atoms with van der Waals surface area (Å²) < 4.78 is 5.06. The number of rotatable bonds is 4. The van der Waals surface area contributed by atoms with Crippen molar-refractivity contribution in [3.05, 3.63) is 5.89 Å². The van der Waals surface area contributed by atoms with Gasteiger partial charge in [-0.05, 0) is 0 Å². The number of nitrogens with one attached hydrogen (secondary N) is 1. The number of carbonyl (C=O) groups excluding carboxylic acids is 1. The number of hydrogen-bond acceptors (Lipinski definition) is 5. The molecule has 1 aromatic rings. The van der Waals surface area contributed by atoms with Gasteiger partial charge in [-0.15, -0.1) is 16.6 Å². The molecule has 0 radical (unpaired) electrons. The Morgan fingerprint density at radius 3 is 3.07 bits per heavy atom. The second-order valence-corrected chi connectivity index (χ2v) is 3.28. The highest BCUT2D eigenvalue weighted by atomic mass is 32.2. The average Bonchev–Trinajstić information content (AvgIpc) is 2.58. The van der Waals surface area contributed by atoms with E-state index in [2.05, 4.69) is 21.4 Å². The van der Waals surface area contributed by atoms with Gasteiger partial charge in [-0.25, -0.2) is 0 Å². The second kappa shape index (κ2) is 5.29. The molecule has 0 aliphatic carbocycles. The van der Waals surface area contributed by atoms with Crippen molar-refractivity contribution < 1.29 is 9.21 Å². The number of aromatic nitrogens is 2. The van der Waals surface area contributed by atoms with E-state index in [1.807, 2.05) is 0 Å². The molecule has 6 heteroatoms. The summed E-state index contributed by atoms with van der Waals surface area (Å²) in [4.78, 5) is 11.1. The molecule has 0 unspecified atom stereocenters. The zero-order valence-electron chi connectivity index (χ0n) is 7.61. The van der Waals surface area contributed by atoms with E-state index in [1.54, 1.807) is 6.92 Å². The highest BCUT2D eigenvalue weighted by Crippen LogP contribution is 2.14. The summed E-state index contributed by atoms with van der Waals surface area (Å²) in [5.74, 6) is 2.87. The Hall–Kier alpha value is -1.48. The van der Waals surface area contributed by atoms with Crippen molar-refractivity contribution in [2.75, 3.05) is 12.3 Å². The summed E-state index contributed by atoms with van der Waals surface area (Å²) >= 11 is 1.18. The summed E-state index contributed by atoms with van der Waals surface area (Å²) in [6.07, 6.45) is 4.98. The predicted molar refractivity (Wildman–Crippen MR) is 51.6 cm³/mol. The van der Waals surface area contributed by atoms with E-state index in [1.165, 1.54) is 11.8 Å². The minimum Gasteiger partial charge on any atom is -0.416 e. The smallest absolute Gasteiger partial charge is 0.277 e. The van der Waals surface area contributed by atoms with Crippen molar-refractivity contribution in [3.63, 3.8) is 0 Å². The fourth-order valence-corrected chi connectivity index (χ4v) is 1.30. The van der Waals surface area contributed by atoms with Crippen LogP contribution in [-0.2, 0) is 4.79 Å². The molecule has 0 atom stereocenters. The Labute approximate surface area is 85.7 Å². The lowest BCUT2D eigenvalue weighted by Gasteiger charge is -1.97. The van der Waals surface area contributed by atoms with E-state index in [0.29, 0.717) is 11.1 Å². The van der Waals surface area contributed by atoms with Gasteiger partial charge in [-0.1, -0.05) is 17.7 Å². The van der Waals surface area contributed by atoms with Crippen molar-refractivity contribution in [2.24, 2.45) is 0 Å². The highest BCUT2D eigenvalue weighted by molar-refractivity contribution is 7.99. The van der Waals surface area contributed by atoms with Crippen molar-refractivity contribution in [1.82, 2.24) is 15.5 Å². The van der Waals surface area contributed by atoms with Gasteiger partial charge in [0.25, 0.3) is 5.22 Å². The third-order valence-corrected chi connectivity index (χ3v) is 2.04. The first kappa shape index (κ1) is 10.6. The maximum Gasteiger partial charge on any atom is 0.277 e. The van der Waals surface area contributed by atoms with E-state index < -0.39 is 0 Å². The molecule has 0 aliphatic heterocycles. The van der Waals surface area contributed by atoms with Crippen molar-refractivity contribution in [2.45, 2.75) is 12.1 Å². The Balaban J connectivity index is 2.27. The number of hydrogen-bond donors (Lipinski definition) is 1. The Morgan fingerprint density at radius 2 is 2.50 bits per heavy atom. The monoisotopic (exact) mass is 211 g/mol. The fourth-order valence-electron chi connectivity index (χ4n) is 0.665. The third-order valence-electron chi connectivity index (χ3n) is 1.22. The van der Waals surface area contributed by atoms with Crippen LogP contribution in [0.25, 0.3) is 0 Å². The summed E-state index contributed by atoms with van der Waals surface area (Å²) in [6.45, 7) is 1.93. The molecule has 74 valence electrons. The van der Waals surface area contributed by atoms with Gasteiger partial charge in [-0.3, -0.25) is 4.79 Å². The normalized spacial score (nSPS) is 9.43. The van der Waals surface area contributed by atoms with Gasteiger partial charge in [0.15, 0.2) is 0 Å². The lowest BCUT2D eigenvalue weighted by molar-refractivity contribution is -0.118. The summed E-state index contributed by atoms with van der Waals surface area (Å²) in [5.41, 5.74) is 0. The maximum atomic E-state index is 11.1. The quantitative estimate of drug-likeness (QED) is 0.570. The molecular formula is C8H9N3O2S. The van der Waals surface area contributed by atoms with E-state index in [0.717, 1.165) is 0 Å². The van der Waals surface area contributed by atoms with Crippen molar-refractivity contribution in [1.29, 1.82) is 0 Å². The Morgan fingerprint density at radius 1 is 1.71 bits per heavy atom. The molecule has 1 rings (SSSR count). The van der Waals surface area contributed by atoms with Crippen molar-refractivity contribution >= 4 is 17.7 Å². The van der Waals surface area contributed by atoms with Gasteiger partial charge < -0.3 is 9.73 Å². The zero-order chi connectivity index (χ0) is 10.4. The molecular weight excluding hydrogens is 202 g/mol. The lowest BCUT2D eigenvalue weighted by atomic mass is 10.6. The molecule has 0 aliphatic rings. The molecule has 0 spiro atoms. The summed E-state index contributed by atoms with van der Waals surface area (Å²) in [5, 5.41) is 10.3. The molecule has 1 heterocycles. The molecule has 14 heavy (non-hydrogen) atoms. The van der Waals surface area contributed by atoms with Crippen LogP contribution in [-0.4, -0.2) is 28.4 Å². The minimum atomic E-state index is -0.149. The van der Waals surface area contributed by atoms with Crippen LogP contribution >= 0.6 is 11.8 Å². The van der Waals surface area contributed by atoms with Crippen LogP contribution in [0.3, 0.4) is 0 Å². The van der Waals surface area contributed by atoms with Gasteiger partial charge in [0.2, 0.25) is 11.8 Å². The van der Waals surface area contributed by atoms with E-state index >= 15 is 0 Å². The van der Waals surface area contributed by atoms with Gasteiger partial charge in [0.1, 0.15) is 0 Å². The highest BCUT2D eigenvalue weighted by Gasteiger charge is 2.06. The van der Waals surface area contributed by atoms with Crippen LogP contribution in [0.15, 0.2) is 9.64 Å². The van der Waals surface area contributed by atoms with Crippen LogP contribution in [0.2, 0.25) is 0 Å². The number of aryl methyl sites for hydroxylation is 1. The lowest BCUT2D eigenvalue weighted by Crippen LogP contribution is -2.25.